The van der Waals surface area contributed by atoms with Gasteiger partial charge in [-0.1, -0.05) is 23.7 Å². The average molecular weight is 489 g/mol. The second kappa shape index (κ2) is 9.72. The zero-order valence-corrected chi connectivity index (χ0v) is 20.4. The highest BCUT2D eigenvalue weighted by Crippen LogP contribution is 2.34. The second-order valence-corrected chi connectivity index (χ2v) is 9.60. The molecule has 1 atom stereocenters. The molecule has 178 valence electrons. The molecule has 1 aliphatic heterocycles. The Morgan fingerprint density at radius 1 is 1.11 bits per heavy atom. The van der Waals surface area contributed by atoms with Crippen molar-refractivity contribution in [3.8, 4) is 22.3 Å². The summed E-state index contributed by atoms with van der Waals surface area (Å²) in [6.45, 7) is 3.41. The summed E-state index contributed by atoms with van der Waals surface area (Å²) in [5.41, 5.74) is 4.93. The standard InChI is InChI=1S/C28H26ClFN4O/c1-17-8-19(11-22(30)9-17)25-15-33-26-6-5-18(20-10-21(29)14-31-13-20)12-24(26)27(25)28(35)34(2)16-23-4-3-7-32-23/h5-6,8-15,23,32H,3-4,7,16H2,1-2H3/t23-/m0/s1. The first-order chi connectivity index (χ1) is 16.9. The third kappa shape index (κ3) is 4.90. The van der Waals surface area contributed by atoms with E-state index in [1.165, 1.54) is 12.1 Å². The van der Waals surface area contributed by atoms with E-state index in [2.05, 4.69) is 15.3 Å². The molecule has 0 aliphatic carbocycles. The van der Waals surface area contributed by atoms with E-state index < -0.39 is 0 Å². The topological polar surface area (TPSA) is 58.1 Å². The lowest BCUT2D eigenvalue weighted by Gasteiger charge is -2.24. The zero-order chi connectivity index (χ0) is 24.5. The van der Waals surface area contributed by atoms with Crippen LogP contribution < -0.4 is 5.32 Å². The average Bonchev–Trinajstić information content (AvgIpc) is 3.35. The first-order valence-electron chi connectivity index (χ1n) is 11.7. The van der Waals surface area contributed by atoms with Gasteiger partial charge in [0.05, 0.1) is 16.1 Å². The second-order valence-electron chi connectivity index (χ2n) is 9.17. The summed E-state index contributed by atoms with van der Waals surface area (Å²) in [6, 6.07) is 12.7. The Bertz CT molecular complexity index is 1400. The van der Waals surface area contributed by atoms with Crippen molar-refractivity contribution in [2.24, 2.45) is 0 Å². The van der Waals surface area contributed by atoms with Gasteiger partial charge in [-0.3, -0.25) is 14.8 Å². The molecule has 5 nitrogen and oxygen atoms in total. The van der Waals surface area contributed by atoms with Crippen molar-refractivity contribution < 1.29 is 9.18 Å². The number of halogens is 2. The minimum Gasteiger partial charge on any atom is -0.340 e. The van der Waals surface area contributed by atoms with E-state index in [-0.39, 0.29) is 17.8 Å². The van der Waals surface area contributed by atoms with Crippen LogP contribution in [0.4, 0.5) is 4.39 Å². The number of fused-ring (bicyclic) bond motifs is 1. The highest BCUT2D eigenvalue weighted by molar-refractivity contribution is 6.30. The lowest BCUT2D eigenvalue weighted by atomic mass is 9.94. The van der Waals surface area contributed by atoms with E-state index in [0.717, 1.165) is 36.1 Å². The molecule has 3 heterocycles. The highest BCUT2D eigenvalue weighted by Gasteiger charge is 2.25. The Morgan fingerprint density at radius 2 is 1.97 bits per heavy atom. The number of carbonyl (C=O) groups excluding carboxylic acids is 1. The lowest BCUT2D eigenvalue weighted by Crippen LogP contribution is -2.38. The molecule has 2 aromatic heterocycles. The maximum atomic E-state index is 14.4. The normalized spacial score (nSPS) is 15.5. The van der Waals surface area contributed by atoms with Crippen LogP contribution in [-0.2, 0) is 0 Å². The van der Waals surface area contributed by atoms with Crippen molar-refractivity contribution in [1.29, 1.82) is 0 Å². The predicted octanol–water partition coefficient (Wildman–Crippen LogP) is 5.89. The molecule has 0 saturated carbocycles. The summed E-state index contributed by atoms with van der Waals surface area (Å²) in [6.07, 6.45) is 7.14. The van der Waals surface area contributed by atoms with Crippen LogP contribution in [-0.4, -0.2) is 47.0 Å². The van der Waals surface area contributed by atoms with E-state index in [9.17, 15) is 9.18 Å². The molecule has 35 heavy (non-hydrogen) atoms. The van der Waals surface area contributed by atoms with Gasteiger partial charge in [-0.15, -0.1) is 0 Å². The molecule has 1 saturated heterocycles. The van der Waals surface area contributed by atoms with E-state index >= 15 is 0 Å². The highest BCUT2D eigenvalue weighted by atomic mass is 35.5. The van der Waals surface area contributed by atoms with Crippen LogP contribution in [0.3, 0.4) is 0 Å². The van der Waals surface area contributed by atoms with E-state index in [0.29, 0.717) is 39.2 Å². The summed E-state index contributed by atoms with van der Waals surface area (Å²) in [5.74, 6) is -0.467. The van der Waals surface area contributed by atoms with Crippen LogP contribution >= 0.6 is 11.6 Å². The summed E-state index contributed by atoms with van der Waals surface area (Å²) in [4.78, 5) is 24.5. The molecule has 1 fully saturated rings. The van der Waals surface area contributed by atoms with Gasteiger partial charge in [0.15, 0.2) is 0 Å². The van der Waals surface area contributed by atoms with Gasteiger partial charge in [0.1, 0.15) is 5.82 Å². The molecule has 0 spiro atoms. The van der Waals surface area contributed by atoms with Crippen molar-refractivity contribution in [2.75, 3.05) is 20.1 Å². The van der Waals surface area contributed by atoms with Gasteiger partial charge in [-0.25, -0.2) is 4.39 Å². The summed E-state index contributed by atoms with van der Waals surface area (Å²) in [7, 11) is 1.82. The number of rotatable bonds is 5. The van der Waals surface area contributed by atoms with Crippen molar-refractivity contribution >= 4 is 28.4 Å². The van der Waals surface area contributed by atoms with Gasteiger partial charge in [0, 0.05) is 54.7 Å². The number of aromatic nitrogens is 2. The Balaban J connectivity index is 1.69. The molecule has 1 aliphatic rings. The van der Waals surface area contributed by atoms with Crippen LogP contribution in [0.2, 0.25) is 5.02 Å². The molecule has 0 unspecified atom stereocenters. The molecule has 1 amide bonds. The third-order valence-corrected chi connectivity index (χ3v) is 6.68. The number of hydrogen-bond donors (Lipinski definition) is 1. The SMILES string of the molecule is Cc1cc(F)cc(-c2cnc3ccc(-c4cncc(Cl)c4)cc3c2C(=O)N(C)C[C@@H]2CCCN2)c1. The van der Waals surface area contributed by atoms with Crippen LogP contribution in [0.5, 0.6) is 0 Å². The lowest BCUT2D eigenvalue weighted by molar-refractivity contribution is 0.0786. The number of amides is 1. The Kier molecular flexibility index (Phi) is 6.50. The number of likely N-dealkylation sites (N-methyl/N-ethyl adjacent to an activating group) is 1. The molecule has 0 radical (unpaired) electrons. The Labute approximate surface area is 209 Å². The molecule has 5 rings (SSSR count). The number of aryl methyl sites for hydroxylation is 1. The number of pyridine rings is 2. The molecular formula is C28H26ClFN4O. The molecule has 0 bridgehead atoms. The quantitative estimate of drug-likeness (QED) is 0.380. The van der Waals surface area contributed by atoms with Gasteiger partial charge < -0.3 is 10.2 Å². The summed E-state index contributed by atoms with van der Waals surface area (Å²) in [5, 5.41) is 4.69. The van der Waals surface area contributed by atoms with Gasteiger partial charge in [0.2, 0.25) is 0 Å². The van der Waals surface area contributed by atoms with Crippen LogP contribution in [0.15, 0.2) is 61.1 Å². The molecule has 1 N–H and O–H groups in total. The summed E-state index contributed by atoms with van der Waals surface area (Å²) >= 11 is 6.18. The maximum absolute atomic E-state index is 14.4. The number of hydrogen-bond acceptors (Lipinski definition) is 4. The van der Waals surface area contributed by atoms with Crippen molar-refractivity contribution in [3.05, 3.63) is 83.0 Å². The fourth-order valence-electron chi connectivity index (χ4n) is 4.80. The van der Waals surface area contributed by atoms with Gasteiger partial charge in [-0.05, 0) is 73.3 Å². The fraction of sp³-hybridized carbons (Fsp3) is 0.250. The van der Waals surface area contributed by atoms with Gasteiger partial charge in [0.25, 0.3) is 5.91 Å². The van der Waals surface area contributed by atoms with Gasteiger partial charge >= 0.3 is 0 Å². The smallest absolute Gasteiger partial charge is 0.255 e. The summed E-state index contributed by atoms with van der Waals surface area (Å²) < 4.78 is 14.4. The van der Waals surface area contributed by atoms with E-state index in [1.807, 2.05) is 44.3 Å². The van der Waals surface area contributed by atoms with Crippen molar-refractivity contribution in [2.45, 2.75) is 25.8 Å². The maximum Gasteiger partial charge on any atom is 0.255 e. The first kappa shape index (κ1) is 23.4. The fourth-order valence-corrected chi connectivity index (χ4v) is 4.97. The zero-order valence-electron chi connectivity index (χ0n) is 19.7. The van der Waals surface area contributed by atoms with Crippen LogP contribution in [0, 0.1) is 12.7 Å². The number of carbonyl (C=O) groups is 1. The number of nitrogens with one attached hydrogen (secondary N) is 1. The van der Waals surface area contributed by atoms with Gasteiger partial charge in [-0.2, -0.15) is 0 Å². The van der Waals surface area contributed by atoms with E-state index in [1.54, 1.807) is 23.5 Å². The molecule has 7 heteroatoms. The molecular weight excluding hydrogens is 463 g/mol. The van der Waals surface area contributed by atoms with Crippen LogP contribution in [0.25, 0.3) is 33.2 Å². The Morgan fingerprint density at radius 3 is 2.71 bits per heavy atom. The van der Waals surface area contributed by atoms with E-state index in [4.69, 9.17) is 11.6 Å². The Hall–Kier alpha value is -3.35. The first-order valence-corrected chi connectivity index (χ1v) is 12.1. The number of benzene rings is 2. The van der Waals surface area contributed by atoms with Crippen molar-refractivity contribution in [3.63, 3.8) is 0 Å². The minimum absolute atomic E-state index is 0.121. The monoisotopic (exact) mass is 488 g/mol. The minimum atomic E-state index is -0.347. The molecule has 2 aromatic carbocycles. The predicted molar refractivity (Wildman–Crippen MR) is 138 cm³/mol. The largest absolute Gasteiger partial charge is 0.340 e. The van der Waals surface area contributed by atoms with Crippen LogP contribution in [0.1, 0.15) is 28.8 Å². The van der Waals surface area contributed by atoms with Crippen molar-refractivity contribution in [1.82, 2.24) is 20.2 Å². The third-order valence-electron chi connectivity index (χ3n) is 6.48. The number of nitrogens with zero attached hydrogens (tertiary/aromatic N) is 3. The molecule has 4 aromatic rings.